The quantitative estimate of drug-likeness (QED) is 0.200. The molecule has 6 nitrogen and oxygen atoms in total. The lowest BCUT2D eigenvalue weighted by atomic mass is 10.0. The monoisotopic (exact) mass is 555 g/mol. The number of fused-ring (bicyclic) bond motifs is 1. The first kappa shape index (κ1) is 26.9. The fourth-order valence-electron chi connectivity index (χ4n) is 4.25. The van der Waals surface area contributed by atoms with Crippen LogP contribution in [0.5, 0.6) is 11.5 Å². The molecule has 8 heteroatoms. The van der Waals surface area contributed by atoms with Gasteiger partial charge in [-0.15, -0.1) is 11.3 Å². The second-order valence-corrected chi connectivity index (χ2v) is 10.3. The van der Waals surface area contributed by atoms with Gasteiger partial charge >= 0.3 is 5.97 Å². The molecule has 1 amide bonds. The highest BCUT2D eigenvalue weighted by Gasteiger charge is 2.22. The van der Waals surface area contributed by atoms with E-state index in [-0.39, 0.29) is 18.8 Å². The summed E-state index contributed by atoms with van der Waals surface area (Å²) in [6.07, 6.45) is 0.117. The molecule has 5 rings (SSSR count). The summed E-state index contributed by atoms with van der Waals surface area (Å²) in [5.74, 6) is -0.479. The van der Waals surface area contributed by atoms with Crippen LogP contribution >= 0.6 is 11.3 Å². The average molecular weight is 556 g/mol. The van der Waals surface area contributed by atoms with E-state index in [1.165, 1.54) is 23.5 Å². The third kappa shape index (κ3) is 6.47. The molecular weight excluding hydrogens is 529 g/mol. The molecule has 0 saturated heterocycles. The van der Waals surface area contributed by atoms with Crippen molar-refractivity contribution in [2.45, 2.75) is 19.1 Å². The van der Waals surface area contributed by atoms with Crippen molar-refractivity contribution in [3.8, 4) is 22.6 Å². The van der Waals surface area contributed by atoms with Crippen molar-refractivity contribution >= 4 is 33.3 Å². The third-order valence-corrected chi connectivity index (χ3v) is 7.56. The molecule has 1 atom stereocenters. The van der Waals surface area contributed by atoms with Gasteiger partial charge in [0.2, 0.25) is 0 Å². The first-order valence-electron chi connectivity index (χ1n) is 12.6. The number of carbonyl (C=O) groups is 2. The number of thiophene rings is 1. The number of amides is 1. The molecule has 40 heavy (non-hydrogen) atoms. The van der Waals surface area contributed by atoms with E-state index in [9.17, 15) is 19.1 Å². The molecular formula is C32H26FNO5S. The number of methoxy groups -OCH3 is 1. The Kier molecular flexibility index (Phi) is 8.07. The SMILES string of the molecule is COc1ccc(-c2ccc3sc(C(=O)NC(Cc4ccc(OCc5ccc(F)cc5)cc4)C(=O)O)cc3c2)cc1. The lowest BCUT2D eigenvalue weighted by Gasteiger charge is -2.14. The lowest BCUT2D eigenvalue weighted by molar-refractivity contribution is -0.139. The Bertz CT molecular complexity index is 1630. The summed E-state index contributed by atoms with van der Waals surface area (Å²) in [7, 11) is 1.62. The van der Waals surface area contributed by atoms with Crippen molar-refractivity contribution in [3.63, 3.8) is 0 Å². The summed E-state index contributed by atoms with van der Waals surface area (Å²) in [5, 5.41) is 13.4. The van der Waals surface area contributed by atoms with E-state index in [1.807, 2.05) is 42.5 Å². The second-order valence-electron chi connectivity index (χ2n) is 9.22. The first-order chi connectivity index (χ1) is 19.4. The van der Waals surface area contributed by atoms with Gasteiger partial charge in [0.05, 0.1) is 12.0 Å². The molecule has 0 aliphatic carbocycles. The van der Waals surface area contributed by atoms with Crippen LogP contribution in [0.25, 0.3) is 21.2 Å². The fourth-order valence-corrected chi connectivity index (χ4v) is 5.20. The van der Waals surface area contributed by atoms with Gasteiger partial charge in [-0.05, 0) is 82.2 Å². The highest BCUT2D eigenvalue weighted by molar-refractivity contribution is 7.20. The van der Waals surface area contributed by atoms with Crippen LogP contribution in [-0.2, 0) is 17.8 Å². The normalized spacial score (nSPS) is 11.7. The zero-order chi connectivity index (χ0) is 28.1. The van der Waals surface area contributed by atoms with Gasteiger partial charge in [-0.1, -0.05) is 42.5 Å². The maximum atomic E-state index is 13.1. The van der Waals surface area contributed by atoms with Crippen molar-refractivity contribution in [1.82, 2.24) is 5.32 Å². The Hall–Kier alpha value is -4.69. The van der Waals surface area contributed by atoms with Crippen molar-refractivity contribution in [2.75, 3.05) is 7.11 Å². The molecule has 1 heterocycles. The van der Waals surface area contributed by atoms with Gasteiger partial charge in [0, 0.05) is 11.1 Å². The summed E-state index contributed by atoms with van der Waals surface area (Å²) in [5.41, 5.74) is 3.60. The fraction of sp³-hybridized carbons (Fsp3) is 0.125. The largest absolute Gasteiger partial charge is 0.497 e. The maximum Gasteiger partial charge on any atom is 0.326 e. The van der Waals surface area contributed by atoms with Gasteiger partial charge in [0.25, 0.3) is 5.91 Å². The van der Waals surface area contributed by atoms with Crippen LogP contribution in [-0.4, -0.2) is 30.1 Å². The molecule has 0 aliphatic rings. The van der Waals surface area contributed by atoms with E-state index in [0.717, 1.165) is 38.1 Å². The number of benzene rings is 4. The average Bonchev–Trinajstić information content (AvgIpc) is 3.41. The van der Waals surface area contributed by atoms with Gasteiger partial charge in [-0.3, -0.25) is 4.79 Å². The molecule has 0 saturated carbocycles. The molecule has 1 unspecified atom stereocenters. The van der Waals surface area contributed by atoms with Crippen LogP contribution in [0.2, 0.25) is 0 Å². The summed E-state index contributed by atoms with van der Waals surface area (Å²) in [6.45, 7) is 0.282. The highest BCUT2D eigenvalue weighted by Crippen LogP contribution is 2.31. The summed E-state index contributed by atoms with van der Waals surface area (Å²) < 4.78 is 24.9. The Balaban J connectivity index is 1.23. The minimum Gasteiger partial charge on any atom is -0.497 e. The van der Waals surface area contributed by atoms with Crippen LogP contribution in [0, 0.1) is 5.82 Å². The molecule has 5 aromatic rings. The smallest absolute Gasteiger partial charge is 0.326 e. The molecule has 0 bridgehead atoms. The van der Waals surface area contributed by atoms with Gasteiger partial charge in [-0.25, -0.2) is 9.18 Å². The predicted molar refractivity (Wildman–Crippen MR) is 154 cm³/mol. The standard InChI is InChI=1S/C32H26FNO5S/c1-38-26-13-6-22(7-14-26)23-8-15-29-24(17-23)18-30(40-29)31(35)34-28(32(36)37)16-20-4-11-27(12-5-20)39-19-21-2-9-25(33)10-3-21/h2-15,17-18,28H,16,19H2,1H3,(H,34,35)(H,36,37). The maximum absolute atomic E-state index is 13.1. The highest BCUT2D eigenvalue weighted by atomic mass is 32.1. The Morgan fingerprint density at radius 1 is 0.850 bits per heavy atom. The van der Waals surface area contributed by atoms with Crippen molar-refractivity contribution in [1.29, 1.82) is 0 Å². The van der Waals surface area contributed by atoms with Gasteiger partial charge in [0.1, 0.15) is 30.0 Å². The summed E-state index contributed by atoms with van der Waals surface area (Å²) in [6, 6.07) is 27.5. The molecule has 2 N–H and O–H groups in total. The number of hydrogen-bond acceptors (Lipinski definition) is 5. The number of carboxylic acid groups (broad SMARTS) is 1. The van der Waals surface area contributed by atoms with Crippen LogP contribution in [0.15, 0.2) is 97.1 Å². The Labute approximate surface area is 234 Å². The van der Waals surface area contributed by atoms with E-state index in [0.29, 0.717) is 10.6 Å². The molecule has 1 aromatic heterocycles. The molecule has 4 aromatic carbocycles. The molecule has 0 fully saturated rings. The number of rotatable bonds is 10. The van der Waals surface area contributed by atoms with E-state index in [2.05, 4.69) is 5.32 Å². The lowest BCUT2D eigenvalue weighted by Crippen LogP contribution is -2.42. The summed E-state index contributed by atoms with van der Waals surface area (Å²) >= 11 is 1.32. The van der Waals surface area contributed by atoms with Gasteiger partial charge in [0.15, 0.2) is 0 Å². The number of aliphatic carboxylic acids is 1. The van der Waals surface area contributed by atoms with Gasteiger partial charge in [-0.2, -0.15) is 0 Å². The van der Waals surface area contributed by atoms with E-state index < -0.39 is 17.9 Å². The Morgan fingerprint density at radius 2 is 1.50 bits per heavy atom. The first-order valence-corrected chi connectivity index (χ1v) is 13.4. The van der Waals surface area contributed by atoms with Crippen molar-refractivity contribution in [3.05, 3.63) is 119 Å². The van der Waals surface area contributed by atoms with Crippen molar-refractivity contribution in [2.24, 2.45) is 0 Å². The predicted octanol–water partition coefficient (Wildman–Crippen LogP) is 6.72. The number of carboxylic acids is 1. The third-order valence-electron chi connectivity index (χ3n) is 6.45. The molecule has 0 spiro atoms. The van der Waals surface area contributed by atoms with E-state index in [1.54, 1.807) is 49.6 Å². The topological polar surface area (TPSA) is 84.9 Å². The van der Waals surface area contributed by atoms with E-state index >= 15 is 0 Å². The second kappa shape index (κ2) is 12.0. The molecule has 202 valence electrons. The molecule has 0 radical (unpaired) electrons. The minimum atomic E-state index is -1.12. The minimum absolute atomic E-state index is 0.117. The number of nitrogens with one attached hydrogen (secondary N) is 1. The number of halogens is 1. The summed E-state index contributed by atoms with van der Waals surface area (Å²) in [4.78, 5) is 25.4. The van der Waals surface area contributed by atoms with Crippen LogP contribution < -0.4 is 14.8 Å². The molecule has 0 aliphatic heterocycles. The van der Waals surface area contributed by atoms with Crippen LogP contribution in [0.4, 0.5) is 4.39 Å². The zero-order valence-corrected chi connectivity index (χ0v) is 22.4. The van der Waals surface area contributed by atoms with E-state index in [4.69, 9.17) is 9.47 Å². The number of carbonyl (C=O) groups excluding carboxylic acids is 1. The Morgan fingerprint density at radius 3 is 2.17 bits per heavy atom. The zero-order valence-electron chi connectivity index (χ0n) is 21.6. The van der Waals surface area contributed by atoms with Crippen LogP contribution in [0.1, 0.15) is 20.8 Å². The van der Waals surface area contributed by atoms with Gasteiger partial charge < -0.3 is 19.9 Å². The van der Waals surface area contributed by atoms with Crippen LogP contribution in [0.3, 0.4) is 0 Å². The number of ether oxygens (including phenoxy) is 2. The number of hydrogen-bond donors (Lipinski definition) is 2. The van der Waals surface area contributed by atoms with Crippen molar-refractivity contribution < 1.29 is 28.6 Å².